The van der Waals surface area contributed by atoms with E-state index in [0.29, 0.717) is 17.8 Å². The van der Waals surface area contributed by atoms with Gasteiger partial charge in [-0.15, -0.1) is 0 Å². The molecule has 112 valence electrons. The third kappa shape index (κ3) is 2.63. The second-order valence-electron chi connectivity index (χ2n) is 5.24. The van der Waals surface area contributed by atoms with E-state index in [2.05, 4.69) is 4.98 Å². The molecule has 3 rings (SSSR count). The summed E-state index contributed by atoms with van der Waals surface area (Å²) in [6, 6.07) is 8.02. The Morgan fingerprint density at radius 2 is 2.09 bits per heavy atom. The highest BCUT2D eigenvalue weighted by Crippen LogP contribution is 2.36. The molecule has 2 heterocycles. The molecule has 1 N–H and O–H groups in total. The lowest BCUT2D eigenvalue weighted by Crippen LogP contribution is -2.25. The number of rotatable bonds is 2. The van der Waals surface area contributed by atoms with E-state index in [9.17, 15) is 13.9 Å². The van der Waals surface area contributed by atoms with Crippen LogP contribution in [0.3, 0.4) is 0 Å². The number of hydrogen-bond acceptors (Lipinski definition) is 4. The molecule has 1 saturated heterocycles. The molecule has 0 bridgehead atoms. The number of hydrogen-bond donors (Lipinski definition) is 1. The van der Waals surface area contributed by atoms with Crippen molar-refractivity contribution in [2.75, 3.05) is 11.4 Å². The molecule has 1 aromatic carbocycles. The second kappa shape index (κ2) is 5.70. The number of halogens is 2. The van der Waals surface area contributed by atoms with Gasteiger partial charge >= 0.3 is 0 Å². The molecule has 0 amide bonds. The van der Waals surface area contributed by atoms with E-state index in [4.69, 9.17) is 5.26 Å². The Hall–Kier alpha value is -2.52. The monoisotopic (exact) mass is 301 g/mol. The van der Waals surface area contributed by atoms with Gasteiger partial charge < -0.3 is 10.0 Å². The predicted molar refractivity (Wildman–Crippen MR) is 76.0 cm³/mol. The fourth-order valence-corrected chi connectivity index (χ4v) is 2.75. The number of β-amino-alcohol motifs (C(OH)–C–C–N with tert-alkyl or cyclic N) is 1. The van der Waals surface area contributed by atoms with E-state index < -0.39 is 23.8 Å². The van der Waals surface area contributed by atoms with Crippen molar-refractivity contribution in [3.8, 4) is 6.07 Å². The molecule has 1 fully saturated rings. The van der Waals surface area contributed by atoms with Crippen LogP contribution in [-0.2, 0) is 0 Å². The van der Waals surface area contributed by atoms with E-state index in [1.54, 1.807) is 17.0 Å². The minimum absolute atomic E-state index is 0.197. The molecule has 0 saturated carbocycles. The molecule has 2 aromatic rings. The summed E-state index contributed by atoms with van der Waals surface area (Å²) < 4.78 is 27.4. The Morgan fingerprint density at radius 1 is 1.27 bits per heavy atom. The highest BCUT2D eigenvalue weighted by atomic mass is 19.1. The van der Waals surface area contributed by atoms with E-state index in [1.807, 2.05) is 6.07 Å². The Morgan fingerprint density at radius 3 is 2.77 bits per heavy atom. The average Bonchev–Trinajstić information content (AvgIpc) is 2.91. The largest absolute Gasteiger partial charge is 0.391 e. The lowest BCUT2D eigenvalue weighted by atomic mass is 10.0. The van der Waals surface area contributed by atoms with Gasteiger partial charge in [0.25, 0.3) is 0 Å². The van der Waals surface area contributed by atoms with Crippen molar-refractivity contribution >= 4 is 5.82 Å². The van der Waals surface area contributed by atoms with Gasteiger partial charge in [0.2, 0.25) is 0 Å². The van der Waals surface area contributed by atoms with Gasteiger partial charge in [0.05, 0.1) is 17.7 Å². The molecule has 1 aliphatic rings. The van der Waals surface area contributed by atoms with Crippen LogP contribution in [0.1, 0.15) is 23.6 Å². The molecule has 22 heavy (non-hydrogen) atoms. The van der Waals surface area contributed by atoms with Crippen molar-refractivity contribution in [3.05, 3.63) is 59.3 Å². The van der Waals surface area contributed by atoms with Crippen LogP contribution < -0.4 is 4.90 Å². The minimum Gasteiger partial charge on any atom is -0.391 e. The molecule has 6 heteroatoms. The van der Waals surface area contributed by atoms with Crippen molar-refractivity contribution in [2.45, 2.75) is 18.6 Å². The summed E-state index contributed by atoms with van der Waals surface area (Å²) in [4.78, 5) is 5.90. The number of benzene rings is 1. The Kier molecular flexibility index (Phi) is 3.73. The number of nitrogens with zero attached hydrogens (tertiary/aromatic N) is 3. The maximum Gasteiger partial charge on any atom is 0.129 e. The van der Waals surface area contributed by atoms with Crippen molar-refractivity contribution in [3.63, 3.8) is 0 Å². The maximum absolute atomic E-state index is 14.0. The summed E-state index contributed by atoms with van der Waals surface area (Å²) in [7, 11) is 0. The normalized spacial score (nSPS) is 20.9. The van der Waals surface area contributed by atoms with Gasteiger partial charge in [-0.3, -0.25) is 0 Å². The molecule has 0 spiro atoms. The Labute approximate surface area is 126 Å². The molecule has 1 aromatic heterocycles. The van der Waals surface area contributed by atoms with Gasteiger partial charge in [0, 0.05) is 18.3 Å². The van der Waals surface area contributed by atoms with E-state index in [-0.39, 0.29) is 12.1 Å². The minimum atomic E-state index is -0.648. The van der Waals surface area contributed by atoms with Gasteiger partial charge in [-0.2, -0.15) is 5.26 Å². The first kappa shape index (κ1) is 14.4. The SMILES string of the molecule is N#Cc1ccc(N2C[C@H](O)C[C@@H]2c2cc(F)ccc2F)nc1. The van der Waals surface area contributed by atoms with Crippen molar-refractivity contribution in [1.29, 1.82) is 5.26 Å². The zero-order chi connectivity index (χ0) is 15.7. The van der Waals surface area contributed by atoms with Gasteiger partial charge in [-0.25, -0.2) is 13.8 Å². The number of nitriles is 1. The number of aliphatic hydroxyl groups is 1. The zero-order valence-electron chi connectivity index (χ0n) is 11.6. The summed E-state index contributed by atoms with van der Waals surface area (Å²) in [6.45, 7) is 0.277. The number of aliphatic hydroxyl groups excluding tert-OH is 1. The standard InChI is InChI=1S/C16H13F2N3O/c17-11-2-3-14(18)13(5-11)15-6-12(22)9-21(15)16-4-1-10(7-19)8-20-16/h1-5,8,12,15,22H,6,9H2/t12-,15-/m1/s1. The summed E-state index contributed by atoms with van der Waals surface area (Å²) in [5, 5.41) is 18.7. The topological polar surface area (TPSA) is 60.2 Å². The number of aromatic nitrogens is 1. The zero-order valence-corrected chi connectivity index (χ0v) is 11.6. The molecule has 0 unspecified atom stereocenters. The first-order chi connectivity index (χ1) is 10.6. The highest BCUT2D eigenvalue weighted by molar-refractivity contribution is 5.47. The maximum atomic E-state index is 14.0. The lowest BCUT2D eigenvalue weighted by molar-refractivity contribution is 0.194. The summed E-state index contributed by atoms with van der Waals surface area (Å²) >= 11 is 0. The molecule has 2 atom stereocenters. The van der Waals surface area contributed by atoms with Crippen LogP contribution in [0.4, 0.5) is 14.6 Å². The fraction of sp³-hybridized carbons (Fsp3) is 0.250. The van der Waals surface area contributed by atoms with Crippen molar-refractivity contribution in [2.24, 2.45) is 0 Å². The lowest BCUT2D eigenvalue weighted by Gasteiger charge is -2.26. The fourth-order valence-electron chi connectivity index (χ4n) is 2.75. The van der Waals surface area contributed by atoms with Crippen LogP contribution in [0.25, 0.3) is 0 Å². The molecule has 4 nitrogen and oxygen atoms in total. The van der Waals surface area contributed by atoms with Crippen LogP contribution in [0.2, 0.25) is 0 Å². The third-order valence-corrected chi connectivity index (χ3v) is 3.77. The van der Waals surface area contributed by atoms with E-state index in [0.717, 1.165) is 18.2 Å². The van der Waals surface area contributed by atoms with E-state index >= 15 is 0 Å². The third-order valence-electron chi connectivity index (χ3n) is 3.77. The summed E-state index contributed by atoms with van der Waals surface area (Å²) in [5.41, 5.74) is 0.611. The second-order valence-corrected chi connectivity index (χ2v) is 5.24. The average molecular weight is 301 g/mol. The first-order valence-corrected chi connectivity index (χ1v) is 6.84. The number of anilines is 1. The van der Waals surface area contributed by atoms with Crippen LogP contribution in [-0.4, -0.2) is 22.7 Å². The van der Waals surface area contributed by atoms with Crippen LogP contribution in [0, 0.1) is 23.0 Å². The molecular formula is C16H13F2N3O. The smallest absolute Gasteiger partial charge is 0.129 e. The molecule has 0 radical (unpaired) electrons. The van der Waals surface area contributed by atoms with Gasteiger partial charge in [0.15, 0.2) is 0 Å². The highest BCUT2D eigenvalue weighted by Gasteiger charge is 2.34. The number of pyridine rings is 1. The summed E-state index contributed by atoms with van der Waals surface area (Å²) in [5.74, 6) is -0.520. The van der Waals surface area contributed by atoms with Gasteiger partial charge in [-0.05, 0) is 36.8 Å². The first-order valence-electron chi connectivity index (χ1n) is 6.84. The van der Waals surface area contributed by atoms with Gasteiger partial charge in [0.1, 0.15) is 23.5 Å². The summed E-state index contributed by atoms with van der Waals surface area (Å²) in [6.07, 6.45) is 1.06. The van der Waals surface area contributed by atoms with Crippen molar-refractivity contribution < 1.29 is 13.9 Å². The Bertz CT molecular complexity index is 727. The van der Waals surface area contributed by atoms with Crippen molar-refractivity contribution in [1.82, 2.24) is 4.98 Å². The van der Waals surface area contributed by atoms with Gasteiger partial charge in [-0.1, -0.05) is 0 Å². The Balaban J connectivity index is 1.98. The predicted octanol–water partition coefficient (Wildman–Crippen LogP) is 2.54. The molecular weight excluding hydrogens is 288 g/mol. The quantitative estimate of drug-likeness (QED) is 0.926. The van der Waals surface area contributed by atoms with Crippen LogP contribution in [0.15, 0.2) is 36.5 Å². The van der Waals surface area contributed by atoms with Crippen LogP contribution in [0.5, 0.6) is 0 Å². The van der Waals surface area contributed by atoms with Crippen LogP contribution >= 0.6 is 0 Å². The molecule has 1 aliphatic heterocycles. The molecule has 0 aliphatic carbocycles. The van der Waals surface area contributed by atoms with E-state index in [1.165, 1.54) is 6.20 Å².